The summed E-state index contributed by atoms with van der Waals surface area (Å²) in [4.78, 5) is 0. The van der Waals surface area contributed by atoms with E-state index in [-0.39, 0.29) is 12.1 Å². The minimum absolute atomic E-state index is 0.0435. The van der Waals surface area contributed by atoms with Crippen LogP contribution in [0.25, 0.3) is 0 Å². The van der Waals surface area contributed by atoms with Crippen molar-refractivity contribution in [3.63, 3.8) is 0 Å². The molecule has 1 rings (SSSR count). The van der Waals surface area contributed by atoms with Crippen LogP contribution < -0.4 is 10.5 Å². The van der Waals surface area contributed by atoms with Gasteiger partial charge in [0.2, 0.25) is 0 Å². The Morgan fingerprint density at radius 3 is 2.59 bits per heavy atom. The Hall–Kier alpha value is -0.170. The molecule has 0 spiro atoms. The zero-order valence-corrected chi connectivity index (χ0v) is 11.8. The van der Waals surface area contributed by atoms with Crippen LogP contribution in [0.5, 0.6) is 0 Å². The quantitative estimate of drug-likeness (QED) is 0.766. The number of rotatable bonds is 5. The van der Waals surface area contributed by atoms with Crippen LogP contribution in [0, 0.1) is 5.92 Å². The van der Waals surface area contributed by atoms with Crippen molar-refractivity contribution in [2.24, 2.45) is 11.7 Å². The van der Waals surface area contributed by atoms with Gasteiger partial charge in [0.25, 0.3) is 10.2 Å². The first-order chi connectivity index (χ1) is 7.88. The van der Waals surface area contributed by atoms with Gasteiger partial charge in [-0.25, -0.2) is 4.72 Å². The molecular formula is C11H25N3O2S. The minimum Gasteiger partial charge on any atom is -0.329 e. The molecule has 0 amide bonds. The lowest BCUT2D eigenvalue weighted by Gasteiger charge is -2.38. The van der Waals surface area contributed by atoms with Crippen LogP contribution in [0.2, 0.25) is 0 Å². The lowest BCUT2D eigenvalue weighted by atomic mass is 10.00. The fraction of sp³-hybridized carbons (Fsp3) is 1.00. The van der Waals surface area contributed by atoms with Crippen molar-refractivity contribution in [1.29, 1.82) is 0 Å². The molecule has 1 aliphatic heterocycles. The molecule has 1 saturated heterocycles. The lowest BCUT2D eigenvalue weighted by molar-refractivity contribution is 0.193. The molecule has 0 bridgehead atoms. The average Bonchev–Trinajstić information content (AvgIpc) is 2.25. The van der Waals surface area contributed by atoms with Gasteiger partial charge in [-0.05, 0) is 25.7 Å². The minimum atomic E-state index is -3.39. The van der Waals surface area contributed by atoms with Crippen LogP contribution in [0.1, 0.15) is 40.0 Å². The third-order valence-corrected chi connectivity index (χ3v) is 4.92. The number of piperidine rings is 1. The Bertz CT molecular complexity index is 330. The van der Waals surface area contributed by atoms with Crippen LogP contribution in [-0.2, 0) is 10.2 Å². The van der Waals surface area contributed by atoms with E-state index in [2.05, 4.69) is 4.72 Å². The van der Waals surface area contributed by atoms with Crippen LogP contribution in [0.3, 0.4) is 0 Å². The molecule has 17 heavy (non-hydrogen) atoms. The normalized spacial score (nSPS) is 27.6. The molecule has 0 saturated carbocycles. The monoisotopic (exact) mass is 263 g/mol. The van der Waals surface area contributed by atoms with Crippen LogP contribution >= 0.6 is 0 Å². The number of nitrogens with two attached hydrogens (primary N) is 1. The molecule has 5 nitrogen and oxygen atoms in total. The highest BCUT2D eigenvalue weighted by Gasteiger charge is 2.35. The van der Waals surface area contributed by atoms with E-state index in [0.717, 1.165) is 19.3 Å². The van der Waals surface area contributed by atoms with Gasteiger partial charge in [0.15, 0.2) is 0 Å². The maximum Gasteiger partial charge on any atom is 0.279 e. The van der Waals surface area contributed by atoms with Crippen molar-refractivity contribution in [3.05, 3.63) is 0 Å². The molecule has 102 valence electrons. The van der Waals surface area contributed by atoms with Gasteiger partial charge in [-0.2, -0.15) is 12.7 Å². The van der Waals surface area contributed by atoms with Crippen LogP contribution in [0.15, 0.2) is 0 Å². The van der Waals surface area contributed by atoms with E-state index in [9.17, 15) is 8.42 Å². The fourth-order valence-electron chi connectivity index (χ4n) is 2.26. The van der Waals surface area contributed by atoms with Gasteiger partial charge in [0, 0.05) is 25.2 Å². The predicted molar refractivity (Wildman–Crippen MR) is 69.8 cm³/mol. The standard InChI is InChI=1S/C11H25N3O2S/c1-9(2)8-13-17(15,16)14-10(3)5-4-6-11(14)7-12/h9-11,13H,4-8,12H2,1-3H3. The van der Waals surface area contributed by atoms with Gasteiger partial charge in [0.05, 0.1) is 0 Å². The summed E-state index contributed by atoms with van der Waals surface area (Å²) in [6.45, 7) is 6.80. The van der Waals surface area contributed by atoms with Crippen molar-refractivity contribution < 1.29 is 8.42 Å². The van der Waals surface area contributed by atoms with E-state index in [1.165, 1.54) is 0 Å². The fourth-order valence-corrected chi connectivity index (χ4v) is 4.12. The van der Waals surface area contributed by atoms with Crippen molar-refractivity contribution in [3.8, 4) is 0 Å². The van der Waals surface area contributed by atoms with Crippen molar-refractivity contribution in [2.75, 3.05) is 13.1 Å². The number of hydrogen-bond acceptors (Lipinski definition) is 3. The van der Waals surface area contributed by atoms with Crippen molar-refractivity contribution >= 4 is 10.2 Å². The summed E-state index contributed by atoms with van der Waals surface area (Å²) >= 11 is 0. The number of nitrogens with zero attached hydrogens (tertiary/aromatic N) is 1. The maximum absolute atomic E-state index is 12.2. The molecule has 0 radical (unpaired) electrons. The van der Waals surface area contributed by atoms with Gasteiger partial charge < -0.3 is 5.73 Å². The topological polar surface area (TPSA) is 75.4 Å². The summed E-state index contributed by atoms with van der Waals surface area (Å²) in [6, 6.07) is -0.00891. The third-order valence-electron chi connectivity index (χ3n) is 3.18. The predicted octanol–water partition coefficient (Wildman–Crippen LogP) is 0.679. The number of nitrogens with one attached hydrogen (secondary N) is 1. The second kappa shape index (κ2) is 6.13. The first-order valence-electron chi connectivity index (χ1n) is 6.36. The molecule has 0 aliphatic carbocycles. The average molecular weight is 263 g/mol. The Morgan fingerprint density at radius 1 is 1.41 bits per heavy atom. The van der Waals surface area contributed by atoms with Gasteiger partial charge >= 0.3 is 0 Å². The van der Waals surface area contributed by atoms with E-state index in [1.807, 2.05) is 20.8 Å². The first kappa shape index (κ1) is 14.9. The summed E-state index contributed by atoms with van der Waals surface area (Å²) < 4.78 is 28.7. The van der Waals surface area contributed by atoms with Crippen molar-refractivity contribution in [2.45, 2.75) is 52.1 Å². The Kier molecular flexibility index (Phi) is 5.37. The second-order valence-corrected chi connectivity index (χ2v) is 6.91. The van der Waals surface area contributed by atoms with E-state index in [1.54, 1.807) is 4.31 Å². The van der Waals surface area contributed by atoms with Crippen LogP contribution in [0.4, 0.5) is 0 Å². The molecule has 0 aromatic heterocycles. The molecule has 0 aromatic carbocycles. The van der Waals surface area contributed by atoms with Crippen LogP contribution in [-0.4, -0.2) is 37.9 Å². The van der Waals surface area contributed by atoms with E-state index in [0.29, 0.717) is 19.0 Å². The molecule has 3 N–H and O–H groups in total. The highest BCUT2D eigenvalue weighted by molar-refractivity contribution is 7.87. The molecule has 1 fully saturated rings. The Labute approximate surface area is 105 Å². The Balaban J connectivity index is 2.78. The maximum atomic E-state index is 12.2. The third kappa shape index (κ3) is 3.91. The van der Waals surface area contributed by atoms with E-state index >= 15 is 0 Å². The van der Waals surface area contributed by atoms with Gasteiger partial charge in [-0.15, -0.1) is 0 Å². The van der Waals surface area contributed by atoms with Gasteiger partial charge in [-0.1, -0.05) is 20.3 Å². The molecule has 2 atom stereocenters. The highest BCUT2D eigenvalue weighted by Crippen LogP contribution is 2.24. The smallest absolute Gasteiger partial charge is 0.279 e. The molecule has 0 aromatic rings. The number of hydrogen-bond donors (Lipinski definition) is 2. The largest absolute Gasteiger partial charge is 0.329 e. The SMILES string of the molecule is CC(C)CNS(=O)(=O)N1C(C)CCCC1CN. The molecular weight excluding hydrogens is 238 g/mol. The molecule has 1 heterocycles. The molecule has 1 aliphatic rings. The summed E-state index contributed by atoms with van der Waals surface area (Å²) in [5, 5.41) is 0. The first-order valence-corrected chi connectivity index (χ1v) is 7.80. The molecule has 6 heteroatoms. The Morgan fingerprint density at radius 2 is 2.06 bits per heavy atom. The zero-order valence-electron chi connectivity index (χ0n) is 11.0. The van der Waals surface area contributed by atoms with Gasteiger partial charge in [0.1, 0.15) is 0 Å². The zero-order chi connectivity index (χ0) is 13.1. The summed E-state index contributed by atoms with van der Waals surface area (Å²) in [7, 11) is -3.39. The highest BCUT2D eigenvalue weighted by atomic mass is 32.2. The summed E-state index contributed by atoms with van der Waals surface area (Å²) in [6.07, 6.45) is 2.84. The molecule has 2 unspecified atom stereocenters. The van der Waals surface area contributed by atoms with E-state index in [4.69, 9.17) is 5.73 Å². The lowest BCUT2D eigenvalue weighted by Crippen LogP contribution is -2.55. The van der Waals surface area contributed by atoms with Gasteiger partial charge in [-0.3, -0.25) is 0 Å². The summed E-state index contributed by atoms with van der Waals surface area (Å²) in [5.41, 5.74) is 5.67. The van der Waals surface area contributed by atoms with Crippen molar-refractivity contribution in [1.82, 2.24) is 9.03 Å². The summed E-state index contributed by atoms with van der Waals surface area (Å²) in [5.74, 6) is 0.307. The van der Waals surface area contributed by atoms with E-state index < -0.39 is 10.2 Å². The second-order valence-electron chi connectivity index (χ2n) is 5.25.